The first-order chi connectivity index (χ1) is 10.6. The molecule has 0 N–H and O–H groups in total. The molecule has 1 heterocycles. The van der Waals surface area contributed by atoms with Crippen LogP contribution in [0.1, 0.15) is 5.56 Å². The van der Waals surface area contributed by atoms with Crippen molar-refractivity contribution in [3.05, 3.63) is 64.1 Å². The summed E-state index contributed by atoms with van der Waals surface area (Å²) in [4.78, 5) is 8.90. The van der Waals surface area contributed by atoms with Crippen molar-refractivity contribution in [2.75, 3.05) is 0 Å². The minimum absolute atomic E-state index is 0.611. The fourth-order valence-corrected chi connectivity index (χ4v) is 3.22. The van der Waals surface area contributed by atoms with Gasteiger partial charge in [0.05, 0.1) is 0 Å². The summed E-state index contributed by atoms with van der Waals surface area (Å²) < 4.78 is 0. The summed E-state index contributed by atoms with van der Waals surface area (Å²) in [5, 5.41) is 3.65. The molecule has 22 heavy (non-hydrogen) atoms. The predicted molar refractivity (Wildman–Crippen MR) is 98.5 cm³/mol. The van der Waals surface area contributed by atoms with Gasteiger partial charge in [-0.1, -0.05) is 58.8 Å². The molecule has 0 saturated heterocycles. The fraction of sp³-hybridized carbons (Fsp3) is 0. The quantitative estimate of drug-likeness (QED) is 0.437. The van der Waals surface area contributed by atoms with Crippen molar-refractivity contribution in [3.63, 3.8) is 0 Å². The first-order valence-corrected chi connectivity index (χ1v) is 8.39. The van der Waals surface area contributed by atoms with Crippen LogP contribution in [0.4, 0.5) is 5.00 Å². The number of nitrogens with zero attached hydrogens (tertiary/aromatic N) is 2. The molecule has 1 aromatic heterocycles. The number of thiol groups is 1. The van der Waals surface area contributed by atoms with E-state index in [9.17, 15) is 0 Å². The zero-order valence-corrected chi connectivity index (χ0v) is 14.4. The number of thiazole rings is 1. The molecule has 0 radical (unpaired) electrons. The van der Waals surface area contributed by atoms with Crippen LogP contribution in [0.25, 0.3) is 10.6 Å². The lowest BCUT2D eigenvalue weighted by Gasteiger charge is -1.94. The lowest BCUT2D eigenvalue weighted by molar-refractivity contribution is 1.21. The third-order valence-electron chi connectivity index (χ3n) is 2.88. The van der Waals surface area contributed by atoms with Gasteiger partial charge in [0.2, 0.25) is 0 Å². The zero-order valence-electron chi connectivity index (χ0n) is 11.2. The van der Waals surface area contributed by atoms with E-state index in [0.717, 1.165) is 21.1 Å². The van der Waals surface area contributed by atoms with E-state index in [0.29, 0.717) is 15.1 Å². The highest BCUT2D eigenvalue weighted by Crippen LogP contribution is 2.36. The summed E-state index contributed by atoms with van der Waals surface area (Å²) in [6.07, 6.45) is 1.77. The molecule has 2 nitrogen and oxygen atoms in total. The monoisotopic (exact) mass is 364 g/mol. The molecule has 0 unspecified atom stereocenters. The topological polar surface area (TPSA) is 25.2 Å². The molecule has 0 aliphatic rings. The summed E-state index contributed by atoms with van der Waals surface area (Å²) in [6.45, 7) is 0. The maximum atomic E-state index is 5.90. The van der Waals surface area contributed by atoms with Crippen molar-refractivity contribution in [1.82, 2.24) is 4.98 Å². The largest absolute Gasteiger partial charge is 0.242 e. The van der Waals surface area contributed by atoms with Gasteiger partial charge in [-0.15, -0.1) is 12.6 Å². The Kier molecular flexibility index (Phi) is 4.84. The van der Waals surface area contributed by atoms with Crippen molar-refractivity contribution in [2.45, 2.75) is 5.03 Å². The van der Waals surface area contributed by atoms with Gasteiger partial charge in [-0.05, 0) is 29.8 Å². The van der Waals surface area contributed by atoms with Crippen LogP contribution in [0.5, 0.6) is 0 Å². The first-order valence-electron chi connectivity index (χ1n) is 6.37. The molecule has 0 amide bonds. The molecule has 3 rings (SSSR count). The van der Waals surface area contributed by atoms with Crippen molar-refractivity contribution in [1.29, 1.82) is 0 Å². The van der Waals surface area contributed by atoms with Crippen LogP contribution in [0.2, 0.25) is 10.0 Å². The molecule has 0 fully saturated rings. The number of aromatic nitrogens is 1. The average Bonchev–Trinajstić information content (AvgIpc) is 2.88. The van der Waals surface area contributed by atoms with Crippen LogP contribution in [-0.4, -0.2) is 11.2 Å². The molecule has 0 aliphatic heterocycles. The van der Waals surface area contributed by atoms with E-state index in [4.69, 9.17) is 23.2 Å². The maximum absolute atomic E-state index is 5.90. The normalized spacial score (nSPS) is 11.2. The smallest absolute Gasteiger partial charge is 0.150 e. The molecular weight excluding hydrogens is 355 g/mol. The molecule has 0 spiro atoms. The van der Waals surface area contributed by atoms with Crippen LogP contribution >= 0.6 is 47.2 Å². The second-order valence-corrected chi connectivity index (χ2v) is 6.74. The Labute approximate surface area is 147 Å². The SMILES string of the molecule is Sc1nc(-c2ccc(Cl)cc2)sc1/N=C/c1ccc(Cl)cc1. The van der Waals surface area contributed by atoms with Gasteiger partial charge in [-0.3, -0.25) is 0 Å². The van der Waals surface area contributed by atoms with Crippen molar-refractivity contribution < 1.29 is 0 Å². The van der Waals surface area contributed by atoms with Crippen LogP contribution in [0.15, 0.2) is 58.5 Å². The van der Waals surface area contributed by atoms with Crippen LogP contribution in [-0.2, 0) is 0 Å². The van der Waals surface area contributed by atoms with Crippen LogP contribution in [0, 0.1) is 0 Å². The Morgan fingerprint density at radius 1 is 0.955 bits per heavy atom. The summed E-state index contributed by atoms with van der Waals surface area (Å²) in [7, 11) is 0. The lowest BCUT2D eigenvalue weighted by Crippen LogP contribution is -1.78. The van der Waals surface area contributed by atoms with Gasteiger partial charge in [-0.25, -0.2) is 9.98 Å². The van der Waals surface area contributed by atoms with Gasteiger partial charge in [-0.2, -0.15) is 0 Å². The predicted octanol–water partition coefficient (Wildman–Crippen LogP) is 6.16. The number of hydrogen-bond acceptors (Lipinski definition) is 4. The Balaban J connectivity index is 1.86. The van der Waals surface area contributed by atoms with Gasteiger partial charge >= 0.3 is 0 Å². The second kappa shape index (κ2) is 6.84. The molecule has 0 bridgehead atoms. The van der Waals surface area contributed by atoms with E-state index in [1.54, 1.807) is 6.21 Å². The van der Waals surface area contributed by atoms with Crippen molar-refractivity contribution in [2.24, 2.45) is 4.99 Å². The average molecular weight is 365 g/mol. The first kappa shape index (κ1) is 15.6. The molecule has 0 saturated carbocycles. The van der Waals surface area contributed by atoms with E-state index >= 15 is 0 Å². The van der Waals surface area contributed by atoms with Crippen LogP contribution < -0.4 is 0 Å². The van der Waals surface area contributed by atoms with Gasteiger partial charge in [0.25, 0.3) is 0 Å². The highest BCUT2D eigenvalue weighted by molar-refractivity contribution is 7.80. The molecule has 6 heteroatoms. The number of aliphatic imine (C=N–C) groups is 1. The molecular formula is C16H10Cl2N2S2. The number of halogens is 2. The van der Waals surface area contributed by atoms with Gasteiger partial charge in [0, 0.05) is 21.8 Å². The molecule has 3 aromatic rings. The molecule has 0 aliphatic carbocycles. The third kappa shape index (κ3) is 3.70. The van der Waals surface area contributed by atoms with E-state index in [-0.39, 0.29) is 0 Å². The lowest BCUT2D eigenvalue weighted by atomic mass is 10.2. The Morgan fingerprint density at radius 3 is 2.18 bits per heavy atom. The maximum Gasteiger partial charge on any atom is 0.150 e. The van der Waals surface area contributed by atoms with E-state index in [1.165, 1.54) is 11.3 Å². The Bertz CT molecular complexity index is 809. The highest BCUT2D eigenvalue weighted by atomic mass is 35.5. The van der Waals surface area contributed by atoms with Crippen LogP contribution in [0.3, 0.4) is 0 Å². The van der Waals surface area contributed by atoms with Gasteiger partial charge < -0.3 is 0 Å². The molecule has 0 atom stereocenters. The molecule has 110 valence electrons. The highest BCUT2D eigenvalue weighted by Gasteiger charge is 2.09. The van der Waals surface area contributed by atoms with E-state index in [2.05, 4.69) is 22.6 Å². The Morgan fingerprint density at radius 2 is 1.55 bits per heavy atom. The number of benzene rings is 2. The van der Waals surface area contributed by atoms with Crippen molar-refractivity contribution in [3.8, 4) is 10.6 Å². The summed E-state index contributed by atoms with van der Waals surface area (Å²) in [6, 6.07) is 15.0. The Hall–Kier alpha value is -1.33. The van der Waals surface area contributed by atoms with Gasteiger partial charge in [0.1, 0.15) is 15.0 Å². The van der Waals surface area contributed by atoms with E-state index < -0.39 is 0 Å². The second-order valence-electron chi connectivity index (χ2n) is 4.46. The summed E-state index contributed by atoms with van der Waals surface area (Å²) >= 11 is 17.6. The van der Waals surface area contributed by atoms with Crippen molar-refractivity contribution >= 4 is 58.4 Å². The van der Waals surface area contributed by atoms with Gasteiger partial charge in [0.15, 0.2) is 0 Å². The minimum Gasteiger partial charge on any atom is -0.242 e. The van der Waals surface area contributed by atoms with E-state index in [1.807, 2.05) is 48.5 Å². The third-order valence-corrected chi connectivity index (χ3v) is 4.86. The zero-order chi connectivity index (χ0) is 15.5. The standard InChI is InChI=1S/C16H10Cl2N2S2/c17-12-5-1-10(2-6-12)9-19-16-14(21)20-15(22-16)11-3-7-13(18)8-4-11/h1-9,21H/b19-9+. The number of hydrogen-bond donors (Lipinski definition) is 1. The summed E-state index contributed by atoms with van der Waals surface area (Å²) in [5.74, 6) is 0. The summed E-state index contributed by atoms with van der Waals surface area (Å²) in [5.41, 5.74) is 1.97. The molecule has 2 aromatic carbocycles. The minimum atomic E-state index is 0.611. The fourth-order valence-electron chi connectivity index (χ4n) is 1.79. The number of rotatable bonds is 3.